The van der Waals surface area contributed by atoms with Crippen LogP contribution in [-0.2, 0) is 0 Å². The maximum absolute atomic E-state index is 13.5. The van der Waals surface area contributed by atoms with E-state index in [2.05, 4.69) is 37.3 Å². The number of hydrogen-bond donors (Lipinski definition) is 1. The van der Waals surface area contributed by atoms with Crippen molar-refractivity contribution in [2.45, 2.75) is 32.0 Å². The van der Waals surface area contributed by atoms with Crippen molar-refractivity contribution in [2.24, 2.45) is 11.8 Å². The molecule has 0 radical (unpaired) electrons. The highest BCUT2D eigenvalue weighted by Gasteiger charge is 2.42. The second-order valence-electron chi connectivity index (χ2n) is 9.17. The first kappa shape index (κ1) is 19.5. The first-order chi connectivity index (χ1) is 15.6. The Bertz CT molecular complexity index is 1260. The monoisotopic (exact) mass is 431 g/mol. The molecule has 1 aliphatic heterocycles. The lowest BCUT2D eigenvalue weighted by molar-refractivity contribution is 0.124. The Labute approximate surface area is 185 Å². The van der Waals surface area contributed by atoms with Crippen LogP contribution in [0.5, 0.6) is 0 Å². The summed E-state index contributed by atoms with van der Waals surface area (Å²) in [5, 5.41) is 8.34. The number of aromatic nitrogens is 5. The van der Waals surface area contributed by atoms with E-state index < -0.39 is 6.17 Å². The van der Waals surface area contributed by atoms with Crippen molar-refractivity contribution in [3.8, 4) is 11.1 Å². The van der Waals surface area contributed by atoms with E-state index in [-0.39, 0.29) is 0 Å². The second-order valence-corrected chi connectivity index (χ2v) is 9.17. The van der Waals surface area contributed by atoms with Crippen LogP contribution in [0.4, 0.5) is 10.3 Å². The van der Waals surface area contributed by atoms with Gasteiger partial charge in [0, 0.05) is 49.8 Å². The van der Waals surface area contributed by atoms with Crippen LogP contribution in [0, 0.1) is 11.8 Å². The number of fused-ring (bicyclic) bond motifs is 4. The molecule has 1 saturated carbocycles. The van der Waals surface area contributed by atoms with Crippen molar-refractivity contribution < 1.29 is 4.39 Å². The smallest absolute Gasteiger partial charge is 0.241 e. The molecule has 2 bridgehead atoms. The largest absolute Gasteiger partial charge is 0.350 e. The fraction of sp³-hybridized carbons (Fsp3) is 0.417. The number of hydrogen-bond acceptors (Lipinski definition) is 6. The minimum Gasteiger partial charge on any atom is -0.350 e. The van der Waals surface area contributed by atoms with Crippen LogP contribution < -0.4 is 5.32 Å². The minimum absolute atomic E-state index is 0.354. The van der Waals surface area contributed by atoms with Crippen molar-refractivity contribution in [3.05, 3.63) is 49.1 Å². The lowest BCUT2D eigenvalue weighted by Crippen LogP contribution is -2.49. The number of benzene rings is 1. The Hall–Kier alpha value is -3.13. The van der Waals surface area contributed by atoms with Gasteiger partial charge in [0.05, 0.1) is 22.7 Å². The number of piperidine rings is 1. The molecule has 2 fully saturated rings. The van der Waals surface area contributed by atoms with Crippen LogP contribution in [0.25, 0.3) is 27.7 Å². The average Bonchev–Trinajstić information content (AvgIpc) is 3.30. The molecule has 3 unspecified atom stereocenters. The SMILES string of the molecule is CC(F)CN1CC2CCC(C1)C2Nc1ncc2c(-c3ccc4nccnc4c3)ccn2n1. The van der Waals surface area contributed by atoms with Crippen molar-refractivity contribution in [3.63, 3.8) is 0 Å². The van der Waals surface area contributed by atoms with Crippen molar-refractivity contribution in [1.29, 1.82) is 0 Å². The second kappa shape index (κ2) is 7.78. The van der Waals surface area contributed by atoms with Gasteiger partial charge in [-0.15, -0.1) is 5.10 Å². The maximum Gasteiger partial charge on any atom is 0.241 e. The van der Waals surface area contributed by atoms with Gasteiger partial charge in [-0.25, -0.2) is 13.9 Å². The highest BCUT2D eigenvalue weighted by Crippen LogP contribution is 2.38. The van der Waals surface area contributed by atoms with E-state index in [0.717, 1.165) is 40.8 Å². The molecule has 2 aliphatic rings. The molecule has 32 heavy (non-hydrogen) atoms. The van der Waals surface area contributed by atoms with Gasteiger partial charge in [0.15, 0.2) is 0 Å². The number of nitrogens with zero attached hydrogens (tertiary/aromatic N) is 6. The molecule has 0 spiro atoms. The zero-order chi connectivity index (χ0) is 21.7. The van der Waals surface area contributed by atoms with E-state index >= 15 is 0 Å². The van der Waals surface area contributed by atoms with Gasteiger partial charge < -0.3 is 5.32 Å². The molecule has 8 heteroatoms. The molecule has 7 nitrogen and oxygen atoms in total. The predicted molar refractivity (Wildman–Crippen MR) is 122 cm³/mol. The van der Waals surface area contributed by atoms with Crippen molar-refractivity contribution >= 4 is 22.5 Å². The Kier molecular flexibility index (Phi) is 4.75. The fourth-order valence-corrected chi connectivity index (χ4v) is 5.55. The zero-order valence-corrected chi connectivity index (χ0v) is 18.0. The molecule has 1 N–H and O–H groups in total. The van der Waals surface area contributed by atoms with Gasteiger partial charge in [0.1, 0.15) is 6.17 Å². The molecule has 0 amide bonds. The molecule has 6 rings (SSSR count). The number of nitrogens with one attached hydrogen (secondary N) is 1. The number of halogens is 1. The Morgan fingerprint density at radius 3 is 2.62 bits per heavy atom. The Balaban J connectivity index is 1.24. The number of rotatable bonds is 5. The van der Waals surface area contributed by atoms with Gasteiger partial charge in [0.2, 0.25) is 5.95 Å². The van der Waals surface area contributed by atoms with Gasteiger partial charge in [0.25, 0.3) is 0 Å². The lowest BCUT2D eigenvalue weighted by atomic mass is 9.92. The standard InChI is InChI=1S/C24H26FN7/c1-15(25)12-31-13-17-2-3-18(14-31)23(17)29-24-28-11-22-19(6-9-32(22)30-24)16-4-5-20-21(10-16)27-8-7-26-20/h4-11,15,17-18,23H,2-3,12-14H2,1H3,(H,29,30). The van der Waals surface area contributed by atoms with E-state index in [1.54, 1.807) is 19.3 Å². The summed E-state index contributed by atoms with van der Waals surface area (Å²) in [6, 6.07) is 8.51. The summed E-state index contributed by atoms with van der Waals surface area (Å²) in [6.45, 7) is 4.08. The van der Waals surface area contributed by atoms with Crippen LogP contribution in [0.3, 0.4) is 0 Å². The first-order valence-electron chi connectivity index (χ1n) is 11.3. The number of likely N-dealkylation sites (tertiary alicyclic amines) is 1. The van der Waals surface area contributed by atoms with Crippen LogP contribution in [0.2, 0.25) is 0 Å². The summed E-state index contributed by atoms with van der Waals surface area (Å²) in [6.07, 6.45) is 8.85. The van der Waals surface area contributed by atoms with Gasteiger partial charge >= 0.3 is 0 Å². The van der Waals surface area contributed by atoms with E-state index in [0.29, 0.717) is 30.4 Å². The lowest BCUT2D eigenvalue weighted by Gasteiger charge is -2.38. The summed E-state index contributed by atoms with van der Waals surface area (Å²) in [5.74, 6) is 1.69. The van der Waals surface area contributed by atoms with Crippen LogP contribution in [0.1, 0.15) is 19.8 Å². The summed E-state index contributed by atoms with van der Waals surface area (Å²) in [7, 11) is 0. The summed E-state index contributed by atoms with van der Waals surface area (Å²) >= 11 is 0. The first-order valence-corrected chi connectivity index (χ1v) is 11.3. The summed E-state index contributed by atoms with van der Waals surface area (Å²) < 4.78 is 15.4. The Morgan fingerprint density at radius 1 is 1.06 bits per heavy atom. The van der Waals surface area contributed by atoms with Crippen LogP contribution >= 0.6 is 0 Å². The molecular weight excluding hydrogens is 405 g/mol. The highest BCUT2D eigenvalue weighted by atomic mass is 19.1. The fourth-order valence-electron chi connectivity index (χ4n) is 5.55. The molecule has 3 aromatic heterocycles. The summed E-state index contributed by atoms with van der Waals surface area (Å²) in [5.41, 5.74) is 4.83. The molecular formula is C24H26FN7. The molecule has 4 aromatic rings. The van der Waals surface area contributed by atoms with Gasteiger partial charge in [-0.3, -0.25) is 14.9 Å². The normalized spacial score (nSPS) is 24.2. The molecule has 1 aliphatic carbocycles. The van der Waals surface area contributed by atoms with Gasteiger partial charge in [-0.2, -0.15) is 0 Å². The highest BCUT2D eigenvalue weighted by molar-refractivity contribution is 5.86. The maximum atomic E-state index is 13.5. The van der Waals surface area contributed by atoms with E-state index in [4.69, 9.17) is 5.10 Å². The van der Waals surface area contributed by atoms with Crippen LogP contribution in [-0.4, -0.2) is 61.3 Å². The quantitative estimate of drug-likeness (QED) is 0.518. The third-order valence-corrected chi connectivity index (χ3v) is 6.91. The van der Waals surface area contributed by atoms with E-state index in [1.807, 2.05) is 29.0 Å². The van der Waals surface area contributed by atoms with Crippen LogP contribution in [0.15, 0.2) is 49.1 Å². The number of alkyl halides is 1. The molecule has 3 atom stereocenters. The molecule has 164 valence electrons. The zero-order valence-electron chi connectivity index (χ0n) is 18.0. The number of anilines is 1. The third kappa shape index (κ3) is 3.48. The average molecular weight is 432 g/mol. The van der Waals surface area contributed by atoms with E-state index in [1.165, 1.54) is 12.8 Å². The Morgan fingerprint density at radius 2 is 1.84 bits per heavy atom. The minimum atomic E-state index is -0.776. The van der Waals surface area contributed by atoms with Crippen molar-refractivity contribution in [1.82, 2.24) is 29.5 Å². The van der Waals surface area contributed by atoms with E-state index in [9.17, 15) is 4.39 Å². The van der Waals surface area contributed by atoms with Gasteiger partial charge in [-0.05, 0) is 55.4 Å². The molecule has 1 aromatic carbocycles. The molecule has 1 saturated heterocycles. The van der Waals surface area contributed by atoms with Gasteiger partial charge in [-0.1, -0.05) is 6.07 Å². The predicted octanol–water partition coefficient (Wildman–Crippen LogP) is 3.82. The topological polar surface area (TPSA) is 71.2 Å². The van der Waals surface area contributed by atoms with Crippen molar-refractivity contribution in [2.75, 3.05) is 25.0 Å². The third-order valence-electron chi connectivity index (χ3n) is 6.91. The molecule has 4 heterocycles. The summed E-state index contributed by atoms with van der Waals surface area (Å²) in [4.78, 5) is 15.7.